The first kappa shape index (κ1) is 11.9. The molecule has 0 saturated heterocycles. The molecule has 16 heavy (non-hydrogen) atoms. The lowest BCUT2D eigenvalue weighted by molar-refractivity contribution is 0.284. The number of thiazole rings is 1. The van der Waals surface area contributed by atoms with Crippen molar-refractivity contribution in [1.82, 2.24) is 4.98 Å². The van der Waals surface area contributed by atoms with E-state index in [0.717, 1.165) is 34.7 Å². The topological polar surface area (TPSA) is 36.4 Å². The lowest BCUT2D eigenvalue weighted by atomic mass is 9.85. The Balaban J connectivity index is 2.05. The summed E-state index contributed by atoms with van der Waals surface area (Å²) in [7, 11) is 0. The summed E-state index contributed by atoms with van der Waals surface area (Å²) in [6.07, 6.45) is 4.13. The fourth-order valence-corrected chi connectivity index (χ4v) is 3.02. The van der Waals surface area contributed by atoms with Crippen LogP contribution in [0.1, 0.15) is 36.8 Å². The molecule has 3 nitrogen and oxygen atoms in total. The molecule has 1 heterocycles. The van der Waals surface area contributed by atoms with Gasteiger partial charge in [0.15, 0.2) is 5.13 Å². The van der Waals surface area contributed by atoms with Crippen molar-refractivity contribution in [3.05, 3.63) is 10.6 Å². The second-order valence-electron chi connectivity index (χ2n) is 4.50. The molecular weight excluding hydrogens is 220 g/mol. The van der Waals surface area contributed by atoms with E-state index in [-0.39, 0.29) is 6.61 Å². The second kappa shape index (κ2) is 5.15. The van der Waals surface area contributed by atoms with Gasteiger partial charge in [0.2, 0.25) is 0 Å². The van der Waals surface area contributed by atoms with E-state index in [1.165, 1.54) is 19.3 Å². The van der Waals surface area contributed by atoms with Crippen LogP contribution >= 0.6 is 11.3 Å². The van der Waals surface area contributed by atoms with Gasteiger partial charge in [-0.1, -0.05) is 17.8 Å². The molecule has 1 saturated carbocycles. The SMILES string of the molecule is CCN(CC1CCC1)c1nc(C)c(CO)s1. The number of anilines is 1. The number of nitrogens with zero attached hydrogens (tertiary/aromatic N) is 2. The number of aromatic nitrogens is 1. The smallest absolute Gasteiger partial charge is 0.185 e. The summed E-state index contributed by atoms with van der Waals surface area (Å²) in [4.78, 5) is 7.90. The molecule has 0 amide bonds. The van der Waals surface area contributed by atoms with Gasteiger partial charge >= 0.3 is 0 Å². The number of hydrogen-bond acceptors (Lipinski definition) is 4. The minimum absolute atomic E-state index is 0.116. The predicted molar refractivity (Wildman–Crippen MR) is 68.0 cm³/mol. The second-order valence-corrected chi connectivity index (χ2v) is 5.56. The maximum Gasteiger partial charge on any atom is 0.185 e. The minimum Gasteiger partial charge on any atom is -0.391 e. The fourth-order valence-electron chi connectivity index (χ4n) is 2.02. The van der Waals surface area contributed by atoms with Crippen molar-refractivity contribution >= 4 is 16.5 Å². The molecule has 1 aliphatic rings. The maximum atomic E-state index is 9.18. The lowest BCUT2D eigenvalue weighted by Gasteiger charge is -2.31. The van der Waals surface area contributed by atoms with Gasteiger partial charge in [0.25, 0.3) is 0 Å². The summed E-state index contributed by atoms with van der Waals surface area (Å²) >= 11 is 1.63. The van der Waals surface area contributed by atoms with Crippen LogP contribution in [0.4, 0.5) is 5.13 Å². The third-order valence-corrected chi connectivity index (χ3v) is 4.58. The first-order valence-electron chi connectivity index (χ1n) is 6.06. The van der Waals surface area contributed by atoms with Gasteiger partial charge in [-0.25, -0.2) is 4.98 Å². The summed E-state index contributed by atoms with van der Waals surface area (Å²) in [5.74, 6) is 0.863. The molecular formula is C12H20N2OS. The molecule has 2 rings (SSSR count). The first-order valence-corrected chi connectivity index (χ1v) is 6.88. The number of aliphatic hydroxyl groups excluding tert-OH is 1. The van der Waals surface area contributed by atoms with E-state index in [4.69, 9.17) is 0 Å². The van der Waals surface area contributed by atoms with E-state index in [1.54, 1.807) is 11.3 Å². The average Bonchev–Trinajstić information content (AvgIpc) is 2.58. The van der Waals surface area contributed by atoms with Crippen molar-refractivity contribution in [1.29, 1.82) is 0 Å². The molecule has 0 bridgehead atoms. The van der Waals surface area contributed by atoms with Crippen LogP contribution in [0.2, 0.25) is 0 Å². The average molecular weight is 240 g/mol. The van der Waals surface area contributed by atoms with Crippen LogP contribution < -0.4 is 4.90 Å². The molecule has 1 aromatic heterocycles. The Morgan fingerprint density at radius 1 is 1.50 bits per heavy atom. The van der Waals surface area contributed by atoms with Crippen LogP contribution in [-0.2, 0) is 6.61 Å². The van der Waals surface area contributed by atoms with E-state index < -0.39 is 0 Å². The fraction of sp³-hybridized carbons (Fsp3) is 0.750. The monoisotopic (exact) mass is 240 g/mol. The third-order valence-electron chi connectivity index (χ3n) is 3.38. The molecule has 0 aromatic carbocycles. The van der Waals surface area contributed by atoms with E-state index in [9.17, 15) is 5.11 Å². The summed E-state index contributed by atoms with van der Waals surface area (Å²) in [5, 5.41) is 10.3. The van der Waals surface area contributed by atoms with Crippen LogP contribution in [0.5, 0.6) is 0 Å². The van der Waals surface area contributed by atoms with Crippen LogP contribution in [0, 0.1) is 12.8 Å². The van der Waals surface area contributed by atoms with Gasteiger partial charge < -0.3 is 10.0 Å². The predicted octanol–water partition coefficient (Wildman–Crippen LogP) is 2.57. The quantitative estimate of drug-likeness (QED) is 0.859. The Hall–Kier alpha value is -0.610. The van der Waals surface area contributed by atoms with E-state index in [2.05, 4.69) is 16.8 Å². The molecule has 0 atom stereocenters. The van der Waals surface area contributed by atoms with Gasteiger partial charge in [-0.2, -0.15) is 0 Å². The summed E-state index contributed by atoms with van der Waals surface area (Å²) < 4.78 is 0. The third kappa shape index (κ3) is 2.38. The van der Waals surface area contributed by atoms with Crippen molar-refractivity contribution < 1.29 is 5.11 Å². The zero-order valence-corrected chi connectivity index (χ0v) is 10.9. The van der Waals surface area contributed by atoms with Gasteiger partial charge in [0.1, 0.15) is 0 Å². The highest BCUT2D eigenvalue weighted by Gasteiger charge is 2.22. The molecule has 90 valence electrons. The molecule has 0 aliphatic heterocycles. The summed E-state index contributed by atoms with van der Waals surface area (Å²) in [6, 6.07) is 0. The van der Waals surface area contributed by atoms with Crippen LogP contribution in [0.25, 0.3) is 0 Å². The van der Waals surface area contributed by atoms with Crippen molar-refractivity contribution in [3.8, 4) is 0 Å². The minimum atomic E-state index is 0.116. The molecule has 1 N–H and O–H groups in total. The Bertz CT molecular complexity index is 347. The molecule has 0 unspecified atom stereocenters. The van der Waals surface area contributed by atoms with E-state index in [0.29, 0.717) is 0 Å². The Morgan fingerprint density at radius 2 is 2.25 bits per heavy atom. The highest BCUT2D eigenvalue weighted by molar-refractivity contribution is 7.15. The van der Waals surface area contributed by atoms with Gasteiger partial charge in [-0.05, 0) is 32.6 Å². The summed E-state index contributed by atoms with van der Waals surface area (Å²) in [6.45, 7) is 6.41. The molecule has 1 fully saturated rings. The number of hydrogen-bond donors (Lipinski definition) is 1. The Labute approximate surface area is 101 Å². The first-order chi connectivity index (χ1) is 7.74. The molecule has 1 aliphatic carbocycles. The molecule has 1 aromatic rings. The highest BCUT2D eigenvalue weighted by atomic mass is 32.1. The standard InChI is InChI=1S/C12H20N2OS/c1-3-14(7-10-5-4-6-10)12-13-9(2)11(8-15)16-12/h10,15H,3-8H2,1-2H3. The number of aryl methyl sites for hydroxylation is 1. The van der Waals surface area contributed by atoms with Crippen LogP contribution in [0.3, 0.4) is 0 Å². The van der Waals surface area contributed by atoms with E-state index in [1.807, 2.05) is 6.92 Å². The van der Waals surface area contributed by atoms with Crippen molar-refractivity contribution in [2.45, 2.75) is 39.7 Å². The Morgan fingerprint density at radius 3 is 2.69 bits per heavy atom. The molecule has 0 spiro atoms. The van der Waals surface area contributed by atoms with Gasteiger partial charge in [0.05, 0.1) is 17.2 Å². The Kier molecular flexibility index (Phi) is 3.82. The van der Waals surface area contributed by atoms with Crippen molar-refractivity contribution in [2.75, 3.05) is 18.0 Å². The molecule has 4 heteroatoms. The van der Waals surface area contributed by atoms with Crippen LogP contribution in [-0.4, -0.2) is 23.2 Å². The van der Waals surface area contributed by atoms with Gasteiger partial charge in [-0.15, -0.1) is 0 Å². The van der Waals surface area contributed by atoms with Crippen LogP contribution in [0.15, 0.2) is 0 Å². The highest BCUT2D eigenvalue weighted by Crippen LogP contribution is 2.31. The van der Waals surface area contributed by atoms with Gasteiger partial charge in [0, 0.05) is 13.1 Å². The lowest BCUT2D eigenvalue weighted by Crippen LogP contribution is -2.32. The van der Waals surface area contributed by atoms with Gasteiger partial charge in [-0.3, -0.25) is 0 Å². The maximum absolute atomic E-state index is 9.18. The molecule has 0 radical (unpaired) electrons. The van der Waals surface area contributed by atoms with E-state index >= 15 is 0 Å². The van der Waals surface area contributed by atoms with Crippen molar-refractivity contribution in [3.63, 3.8) is 0 Å². The summed E-state index contributed by atoms with van der Waals surface area (Å²) in [5.41, 5.74) is 0.981. The largest absolute Gasteiger partial charge is 0.391 e. The zero-order chi connectivity index (χ0) is 11.5. The number of rotatable bonds is 5. The number of aliphatic hydroxyl groups is 1. The normalized spacial score (nSPS) is 16.2. The zero-order valence-electron chi connectivity index (χ0n) is 10.1. The van der Waals surface area contributed by atoms with Crippen molar-refractivity contribution in [2.24, 2.45) is 5.92 Å².